The second-order valence-electron chi connectivity index (χ2n) is 5.13. The number of rotatable bonds is 4. The lowest BCUT2D eigenvalue weighted by atomic mass is 10.1. The molecule has 0 bridgehead atoms. The van der Waals surface area contributed by atoms with Crippen molar-refractivity contribution in [1.29, 1.82) is 0 Å². The lowest BCUT2D eigenvalue weighted by Crippen LogP contribution is -2.14. The molecule has 6 heteroatoms. The third-order valence-corrected chi connectivity index (χ3v) is 4.11. The first-order chi connectivity index (χ1) is 10.1. The molecule has 0 saturated heterocycles. The van der Waals surface area contributed by atoms with E-state index in [1.165, 1.54) is 13.3 Å². The van der Waals surface area contributed by atoms with Crippen molar-refractivity contribution in [2.24, 2.45) is 0 Å². The van der Waals surface area contributed by atoms with Crippen LogP contribution < -0.4 is 4.74 Å². The first-order valence-corrected chi connectivity index (χ1v) is 7.78. The van der Waals surface area contributed by atoms with E-state index in [1.54, 1.807) is 12.1 Å². The molecule has 0 N–H and O–H groups in total. The number of Topliss-reactive ketones (excluding diaryl/α,β-unsaturated/α-hetero) is 1. The first-order valence-electron chi connectivity index (χ1n) is 6.99. The van der Waals surface area contributed by atoms with Crippen LogP contribution in [0.4, 0.5) is 0 Å². The Morgan fingerprint density at radius 3 is 3.05 bits per heavy atom. The minimum absolute atomic E-state index is 0.0189. The van der Waals surface area contributed by atoms with Gasteiger partial charge in [-0.15, -0.1) is 10.2 Å². The lowest BCUT2D eigenvalue weighted by Gasteiger charge is -2.15. The fraction of sp³-hybridized carbons (Fsp3) is 0.400. The third kappa shape index (κ3) is 3.00. The van der Waals surface area contributed by atoms with Gasteiger partial charge in [0.2, 0.25) is 0 Å². The van der Waals surface area contributed by atoms with E-state index in [0.29, 0.717) is 17.9 Å². The van der Waals surface area contributed by atoms with Gasteiger partial charge in [0, 0.05) is 17.4 Å². The Balaban J connectivity index is 1.79. The molecule has 0 spiro atoms. The molecule has 1 aliphatic rings. The Labute approximate surface area is 131 Å². The first kappa shape index (κ1) is 14.3. The molecule has 1 aromatic heterocycles. The zero-order valence-corrected chi connectivity index (χ0v) is 13.4. The average Bonchev–Trinajstić information content (AvgIpc) is 2.89. The van der Waals surface area contributed by atoms with Gasteiger partial charge in [-0.1, -0.05) is 15.9 Å². The van der Waals surface area contributed by atoms with Gasteiger partial charge in [0.15, 0.2) is 11.6 Å². The summed E-state index contributed by atoms with van der Waals surface area (Å²) in [7, 11) is 0. The molecule has 21 heavy (non-hydrogen) atoms. The van der Waals surface area contributed by atoms with Gasteiger partial charge < -0.3 is 9.30 Å². The van der Waals surface area contributed by atoms with Gasteiger partial charge in [0.05, 0.1) is 5.56 Å². The summed E-state index contributed by atoms with van der Waals surface area (Å²) in [5, 5.41) is 8.40. The SMILES string of the molecule is CC(=O)c1cc(Br)ccc1OCc1nnc2n1CCCC2. The van der Waals surface area contributed by atoms with E-state index in [-0.39, 0.29) is 5.78 Å². The van der Waals surface area contributed by atoms with Crippen LogP contribution in [0, 0.1) is 0 Å². The molecule has 2 aromatic rings. The topological polar surface area (TPSA) is 57.0 Å². The van der Waals surface area contributed by atoms with Crippen LogP contribution in [-0.4, -0.2) is 20.5 Å². The van der Waals surface area contributed by atoms with Gasteiger partial charge >= 0.3 is 0 Å². The Kier molecular flexibility index (Phi) is 4.05. The van der Waals surface area contributed by atoms with Gasteiger partial charge in [-0.05, 0) is 38.0 Å². The number of halogens is 1. The van der Waals surface area contributed by atoms with Crippen molar-refractivity contribution in [1.82, 2.24) is 14.8 Å². The molecule has 2 heterocycles. The van der Waals surface area contributed by atoms with E-state index in [1.807, 2.05) is 6.07 Å². The van der Waals surface area contributed by atoms with Crippen molar-refractivity contribution >= 4 is 21.7 Å². The fourth-order valence-electron chi connectivity index (χ4n) is 2.52. The van der Waals surface area contributed by atoms with E-state index in [2.05, 4.69) is 30.7 Å². The zero-order valence-electron chi connectivity index (χ0n) is 11.8. The largest absolute Gasteiger partial charge is 0.485 e. The number of aromatic nitrogens is 3. The van der Waals surface area contributed by atoms with Crippen molar-refractivity contribution in [2.75, 3.05) is 0 Å². The molecule has 0 saturated carbocycles. The van der Waals surface area contributed by atoms with E-state index in [0.717, 1.165) is 35.5 Å². The quantitative estimate of drug-likeness (QED) is 0.795. The second-order valence-corrected chi connectivity index (χ2v) is 6.04. The summed E-state index contributed by atoms with van der Waals surface area (Å²) in [5.74, 6) is 2.41. The van der Waals surface area contributed by atoms with Crippen LogP contribution in [0.5, 0.6) is 5.75 Å². The summed E-state index contributed by atoms with van der Waals surface area (Å²) in [4.78, 5) is 11.7. The maximum Gasteiger partial charge on any atom is 0.171 e. The molecule has 1 aliphatic heterocycles. The van der Waals surface area contributed by atoms with Gasteiger partial charge in [0.1, 0.15) is 18.2 Å². The summed E-state index contributed by atoms with van der Waals surface area (Å²) in [6.07, 6.45) is 3.29. The predicted octanol–water partition coefficient (Wildman–Crippen LogP) is 3.16. The molecule has 0 radical (unpaired) electrons. The number of carbonyl (C=O) groups is 1. The maximum atomic E-state index is 11.7. The zero-order chi connectivity index (χ0) is 14.8. The number of carbonyl (C=O) groups excluding carboxylic acids is 1. The molecule has 1 aromatic carbocycles. The van der Waals surface area contributed by atoms with Gasteiger partial charge in [-0.3, -0.25) is 4.79 Å². The van der Waals surface area contributed by atoms with Crippen LogP contribution in [0.2, 0.25) is 0 Å². The highest BCUT2D eigenvalue weighted by Gasteiger charge is 2.17. The Bertz CT molecular complexity index is 682. The van der Waals surface area contributed by atoms with Crippen molar-refractivity contribution in [2.45, 2.75) is 39.3 Å². The number of aryl methyl sites for hydroxylation is 1. The number of hydrogen-bond acceptors (Lipinski definition) is 4. The highest BCUT2D eigenvalue weighted by molar-refractivity contribution is 9.10. The van der Waals surface area contributed by atoms with Crippen molar-refractivity contribution in [3.8, 4) is 5.75 Å². The molecule has 5 nitrogen and oxygen atoms in total. The molecular weight excluding hydrogens is 334 g/mol. The van der Waals surface area contributed by atoms with Crippen molar-refractivity contribution in [3.63, 3.8) is 0 Å². The number of hydrogen-bond donors (Lipinski definition) is 0. The van der Waals surface area contributed by atoms with E-state index in [9.17, 15) is 4.79 Å². The second kappa shape index (κ2) is 5.97. The van der Waals surface area contributed by atoms with Crippen LogP contribution in [-0.2, 0) is 19.6 Å². The maximum absolute atomic E-state index is 11.7. The van der Waals surface area contributed by atoms with Crippen LogP contribution in [0.15, 0.2) is 22.7 Å². The molecule has 0 unspecified atom stereocenters. The molecule has 0 amide bonds. The summed E-state index contributed by atoms with van der Waals surface area (Å²) in [5.41, 5.74) is 0.572. The molecule has 3 rings (SSSR count). The molecule has 110 valence electrons. The van der Waals surface area contributed by atoms with E-state index in [4.69, 9.17) is 4.74 Å². The Morgan fingerprint density at radius 2 is 2.24 bits per heavy atom. The minimum atomic E-state index is -0.0189. The van der Waals surface area contributed by atoms with Gasteiger partial charge in [-0.25, -0.2) is 0 Å². The molecule has 0 atom stereocenters. The summed E-state index contributed by atoms with van der Waals surface area (Å²) in [6.45, 7) is 2.81. The van der Waals surface area contributed by atoms with Gasteiger partial charge in [-0.2, -0.15) is 0 Å². The van der Waals surface area contributed by atoms with Crippen LogP contribution in [0.1, 0.15) is 41.8 Å². The van der Waals surface area contributed by atoms with Crippen molar-refractivity contribution in [3.05, 3.63) is 39.9 Å². The third-order valence-electron chi connectivity index (χ3n) is 3.61. The monoisotopic (exact) mass is 349 g/mol. The number of ketones is 1. The predicted molar refractivity (Wildman–Crippen MR) is 81.4 cm³/mol. The molecule has 0 aliphatic carbocycles. The lowest BCUT2D eigenvalue weighted by molar-refractivity contribution is 0.101. The smallest absolute Gasteiger partial charge is 0.171 e. The van der Waals surface area contributed by atoms with E-state index >= 15 is 0 Å². The van der Waals surface area contributed by atoms with Crippen LogP contribution in [0.3, 0.4) is 0 Å². The highest BCUT2D eigenvalue weighted by Crippen LogP contribution is 2.25. The normalized spacial score (nSPS) is 13.8. The minimum Gasteiger partial charge on any atom is -0.485 e. The molecule has 0 fully saturated rings. The van der Waals surface area contributed by atoms with E-state index < -0.39 is 0 Å². The number of nitrogens with zero attached hydrogens (tertiary/aromatic N) is 3. The highest BCUT2D eigenvalue weighted by atomic mass is 79.9. The standard InChI is InChI=1S/C15H16BrN3O2/c1-10(20)12-8-11(16)5-6-13(12)21-9-15-18-17-14-4-2-3-7-19(14)15/h5-6,8H,2-4,7,9H2,1H3. The number of fused-ring (bicyclic) bond motifs is 1. The Morgan fingerprint density at radius 1 is 1.38 bits per heavy atom. The summed E-state index contributed by atoms with van der Waals surface area (Å²) >= 11 is 3.37. The summed E-state index contributed by atoms with van der Waals surface area (Å²) in [6, 6.07) is 5.44. The summed E-state index contributed by atoms with van der Waals surface area (Å²) < 4.78 is 8.78. The number of benzene rings is 1. The van der Waals surface area contributed by atoms with Crippen LogP contribution in [0.25, 0.3) is 0 Å². The number of ether oxygens (including phenoxy) is 1. The fourth-order valence-corrected chi connectivity index (χ4v) is 2.88. The molecular formula is C15H16BrN3O2. The van der Waals surface area contributed by atoms with Gasteiger partial charge in [0.25, 0.3) is 0 Å². The van der Waals surface area contributed by atoms with Crippen LogP contribution >= 0.6 is 15.9 Å². The Hall–Kier alpha value is -1.69. The average molecular weight is 350 g/mol. The van der Waals surface area contributed by atoms with Crippen molar-refractivity contribution < 1.29 is 9.53 Å².